The number of halogens is 1. The normalized spacial score (nSPS) is 11.7. The number of carbonyl (C=O) groups excluding carboxylic acids is 1. The number of methoxy groups -OCH3 is 2. The van der Waals surface area contributed by atoms with E-state index in [1.165, 1.54) is 7.11 Å². The van der Waals surface area contributed by atoms with Gasteiger partial charge in [-0.2, -0.15) is 0 Å². The summed E-state index contributed by atoms with van der Waals surface area (Å²) in [4.78, 5) is 22.4. The Kier molecular flexibility index (Phi) is 4.97. The van der Waals surface area contributed by atoms with Crippen molar-refractivity contribution >= 4 is 23.5 Å². The number of carboxylic acid groups (broad SMARTS) is 1. The Morgan fingerprint density at radius 2 is 2.06 bits per heavy atom. The third kappa shape index (κ3) is 3.37. The molecule has 1 atom stereocenters. The van der Waals surface area contributed by atoms with Gasteiger partial charge in [-0.05, 0) is 23.8 Å². The lowest BCUT2D eigenvalue weighted by atomic mass is 9.99. The number of ether oxygens (including phenoxy) is 2. The average Bonchev–Trinajstić information content (AvgIpc) is 2.34. The molecule has 0 aliphatic rings. The fraction of sp³-hybridized carbons (Fsp3) is 0.333. The van der Waals surface area contributed by atoms with Gasteiger partial charge in [0.25, 0.3) is 0 Å². The summed E-state index contributed by atoms with van der Waals surface area (Å²) >= 11 is 5.83. The van der Waals surface area contributed by atoms with E-state index in [9.17, 15) is 9.59 Å². The predicted octanol–water partition coefficient (Wildman–Crippen LogP) is 1.76. The molecule has 0 amide bonds. The molecule has 0 spiro atoms. The first kappa shape index (κ1) is 14.3. The highest BCUT2D eigenvalue weighted by Crippen LogP contribution is 2.25. The van der Waals surface area contributed by atoms with Gasteiger partial charge < -0.3 is 14.6 Å². The topological polar surface area (TPSA) is 72.8 Å². The molecule has 1 rings (SSSR count). The number of carbonyl (C=O) groups is 2. The SMILES string of the molecule is COC(=O)C(Cc1cc(Cl)ccc1OC)C(=O)O. The molecule has 18 heavy (non-hydrogen) atoms. The largest absolute Gasteiger partial charge is 0.496 e. The van der Waals surface area contributed by atoms with Crippen LogP contribution in [0.1, 0.15) is 5.56 Å². The first-order valence-electron chi connectivity index (χ1n) is 5.12. The third-order valence-electron chi connectivity index (χ3n) is 2.45. The molecule has 0 saturated heterocycles. The first-order chi connectivity index (χ1) is 8.49. The Morgan fingerprint density at radius 1 is 1.39 bits per heavy atom. The lowest BCUT2D eigenvalue weighted by Gasteiger charge is -2.13. The summed E-state index contributed by atoms with van der Waals surface area (Å²) in [6, 6.07) is 4.81. The highest BCUT2D eigenvalue weighted by molar-refractivity contribution is 6.30. The van der Waals surface area contributed by atoms with Gasteiger partial charge in [0.15, 0.2) is 5.92 Å². The molecule has 1 N–H and O–H groups in total. The van der Waals surface area contributed by atoms with Crippen molar-refractivity contribution in [1.82, 2.24) is 0 Å². The van der Waals surface area contributed by atoms with Crippen LogP contribution in [-0.4, -0.2) is 31.3 Å². The van der Waals surface area contributed by atoms with Crippen LogP contribution in [0.15, 0.2) is 18.2 Å². The molecule has 0 heterocycles. The fourth-order valence-corrected chi connectivity index (χ4v) is 1.74. The molecule has 0 aliphatic carbocycles. The molecule has 98 valence electrons. The van der Waals surface area contributed by atoms with Crippen LogP contribution in [-0.2, 0) is 20.7 Å². The number of hydrogen-bond acceptors (Lipinski definition) is 4. The Hall–Kier alpha value is -1.75. The van der Waals surface area contributed by atoms with Gasteiger partial charge in [0.05, 0.1) is 14.2 Å². The zero-order valence-corrected chi connectivity index (χ0v) is 10.7. The highest BCUT2D eigenvalue weighted by atomic mass is 35.5. The Labute approximate surface area is 109 Å². The van der Waals surface area contributed by atoms with Crippen LogP contribution in [0.25, 0.3) is 0 Å². The lowest BCUT2D eigenvalue weighted by molar-refractivity contribution is -0.156. The van der Waals surface area contributed by atoms with Crippen LogP contribution in [0, 0.1) is 5.92 Å². The van der Waals surface area contributed by atoms with E-state index in [0.717, 1.165) is 7.11 Å². The summed E-state index contributed by atoms with van der Waals surface area (Å²) in [6.07, 6.45) is -0.0360. The van der Waals surface area contributed by atoms with E-state index in [1.54, 1.807) is 18.2 Å². The van der Waals surface area contributed by atoms with E-state index in [-0.39, 0.29) is 6.42 Å². The Morgan fingerprint density at radius 3 is 2.56 bits per heavy atom. The number of aliphatic carboxylic acids is 1. The molecule has 0 radical (unpaired) electrons. The van der Waals surface area contributed by atoms with Gasteiger partial charge in [0.2, 0.25) is 0 Å². The second-order valence-electron chi connectivity index (χ2n) is 3.57. The zero-order valence-electron chi connectivity index (χ0n) is 9.97. The number of hydrogen-bond donors (Lipinski definition) is 1. The molecule has 0 aliphatic heterocycles. The maximum atomic E-state index is 11.4. The smallest absolute Gasteiger partial charge is 0.320 e. The molecular weight excluding hydrogens is 260 g/mol. The first-order valence-corrected chi connectivity index (χ1v) is 5.50. The van der Waals surface area contributed by atoms with E-state index in [4.69, 9.17) is 21.4 Å². The van der Waals surface area contributed by atoms with Crippen LogP contribution >= 0.6 is 11.6 Å². The molecule has 5 nitrogen and oxygen atoms in total. The van der Waals surface area contributed by atoms with E-state index < -0.39 is 17.9 Å². The van der Waals surface area contributed by atoms with Crippen LogP contribution in [0.5, 0.6) is 5.75 Å². The van der Waals surface area contributed by atoms with E-state index >= 15 is 0 Å². The van der Waals surface area contributed by atoms with Gasteiger partial charge >= 0.3 is 11.9 Å². The van der Waals surface area contributed by atoms with Gasteiger partial charge in [-0.15, -0.1) is 0 Å². The average molecular weight is 273 g/mol. The highest BCUT2D eigenvalue weighted by Gasteiger charge is 2.28. The molecule has 0 aromatic heterocycles. The van der Waals surface area contributed by atoms with E-state index in [1.807, 2.05) is 0 Å². The summed E-state index contributed by atoms with van der Waals surface area (Å²) in [5.41, 5.74) is 0.544. The minimum Gasteiger partial charge on any atom is -0.496 e. The van der Waals surface area contributed by atoms with Crippen molar-refractivity contribution in [3.8, 4) is 5.75 Å². The standard InChI is InChI=1S/C12H13ClO5/c1-17-10-4-3-8(13)5-7(10)6-9(11(14)15)12(16)18-2/h3-5,9H,6H2,1-2H3,(H,14,15). The van der Waals surface area contributed by atoms with Crippen LogP contribution < -0.4 is 4.74 Å². The molecule has 1 unspecified atom stereocenters. The Balaban J connectivity index is 3.03. The van der Waals surface area contributed by atoms with Gasteiger partial charge in [-0.1, -0.05) is 11.6 Å². The summed E-state index contributed by atoms with van der Waals surface area (Å²) < 4.78 is 9.55. The summed E-state index contributed by atoms with van der Waals surface area (Å²) in [5, 5.41) is 9.44. The molecule has 1 aromatic rings. The van der Waals surface area contributed by atoms with Crippen molar-refractivity contribution in [1.29, 1.82) is 0 Å². The van der Waals surface area contributed by atoms with Crippen molar-refractivity contribution in [2.24, 2.45) is 5.92 Å². The third-order valence-corrected chi connectivity index (χ3v) is 2.69. The Bertz CT molecular complexity index is 458. The zero-order chi connectivity index (χ0) is 13.7. The maximum Gasteiger partial charge on any atom is 0.320 e. The molecular formula is C12H13ClO5. The molecule has 0 fully saturated rings. The van der Waals surface area contributed by atoms with Crippen molar-refractivity contribution in [3.05, 3.63) is 28.8 Å². The minimum absolute atomic E-state index is 0.0360. The van der Waals surface area contributed by atoms with Gasteiger partial charge in [0.1, 0.15) is 5.75 Å². The number of benzene rings is 1. The van der Waals surface area contributed by atoms with Crippen LogP contribution in [0.4, 0.5) is 0 Å². The maximum absolute atomic E-state index is 11.4. The minimum atomic E-state index is -1.28. The molecule has 0 saturated carbocycles. The quantitative estimate of drug-likeness (QED) is 0.653. The van der Waals surface area contributed by atoms with Gasteiger partial charge in [-0.25, -0.2) is 0 Å². The second kappa shape index (κ2) is 6.26. The van der Waals surface area contributed by atoms with Crippen molar-refractivity contribution in [2.45, 2.75) is 6.42 Å². The van der Waals surface area contributed by atoms with E-state index in [0.29, 0.717) is 16.3 Å². The van der Waals surface area contributed by atoms with Crippen molar-refractivity contribution in [3.63, 3.8) is 0 Å². The summed E-state index contributed by atoms with van der Waals surface area (Å²) in [5.74, 6) is -2.84. The number of carboxylic acids is 1. The lowest BCUT2D eigenvalue weighted by Crippen LogP contribution is -2.27. The monoisotopic (exact) mass is 272 g/mol. The van der Waals surface area contributed by atoms with Crippen LogP contribution in [0.2, 0.25) is 5.02 Å². The van der Waals surface area contributed by atoms with E-state index in [2.05, 4.69) is 4.74 Å². The molecule has 1 aromatic carbocycles. The second-order valence-corrected chi connectivity index (χ2v) is 4.01. The molecule has 0 bridgehead atoms. The number of rotatable bonds is 5. The summed E-state index contributed by atoms with van der Waals surface area (Å²) in [7, 11) is 2.61. The van der Waals surface area contributed by atoms with Crippen molar-refractivity contribution < 1.29 is 24.2 Å². The van der Waals surface area contributed by atoms with Gasteiger partial charge in [0, 0.05) is 11.4 Å². The van der Waals surface area contributed by atoms with Crippen LogP contribution in [0.3, 0.4) is 0 Å². The van der Waals surface area contributed by atoms with Crippen molar-refractivity contribution in [2.75, 3.05) is 14.2 Å². The molecule has 6 heteroatoms. The summed E-state index contributed by atoms with van der Waals surface area (Å²) in [6.45, 7) is 0. The fourth-order valence-electron chi connectivity index (χ4n) is 1.54. The van der Waals surface area contributed by atoms with Gasteiger partial charge in [-0.3, -0.25) is 9.59 Å². The predicted molar refractivity (Wildman–Crippen MR) is 64.8 cm³/mol. The number of esters is 1.